The van der Waals surface area contributed by atoms with Crippen molar-refractivity contribution in [2.24, 2.45) is 0 Å². The van der Waals surface area contributed by atoms with Crippen LogP contribution in [-0.2, 0) is 33.3 Å². The molecule has 3 saturated heterocycles. The smallest absolute Gasteiger partial charge is 0.330 e. The summed E-state index contributed by atoms with van der Waals surface area (Å²) in [4.78, 5) is 38.5. The van der Waals surface area contributed by atoms with Gasteiger partial charge in [-0.15, -0.1) is 0 Å². The van der Waals surface area contributed by atoms with Crippen molar-refractivity contribution in [3.63, 3.8) is 0 Å². The summed E-state index contributed by atoms with van der Waals surface area (Å²) in [6.07, 6.45) is -24.4. The lowest BCUT2D eigenvalue weighted by Crippen LogP contribution is -2.60. The number of aliphatic hydroxyl groups is 10. The van der Waals surface area contributed by atoms with Gasteiger partial charge in [0.1, 0.15) is 98.0 Å². The van der Waals surface area contributed by atoms with Crippen molar-refractivity contribution in [3.8, 4) is 74.4 Å². The normalized spacial score (nSPS) is 29.1. The molecule has 1 aliphatic carbocycles. The topological polar surface area (TPSA) is 462 Å². The minimum absolute atomic E-state index is 0.236. The van der Waals surface area contributed by atoms with E-state index in [0.717, 1.165) is 54.6 Å². The molecule has 0 bridgehead atoms. The SMILES string of the molecule is O=C(C=Cc1ccc(O)c(O)c1)OC[C@H]1O[C@@H](Oc2cc(=O)cc3oc(-c4cc(O)c(O)c(O[C@@H]5O[C@H](COC(=O)C=Cc6ccc(O)c(O)c6)[C@@H](O)[C@H](O)[C@H]5O)c4)c(O[C@@H]4O[C@H](CO)[C@@H](O)[C@H](O)[C@H]4O)cc2-3)[C@H](O)[C@@H](O)[C@@H]1O. The van der Waals surface area contributed by atoms with Crippen LogP contribution in [0.5, 0.6) is 51.7 Å². The predicted octanol–water partition coefficient (Wildman–Crippen LogP) is -2.29. The quantitative estimate of drug-likeness (QED) is 0.0281. The van der Waals surface area contributed by atoms with E-state index in [1.807, 2.05) is 0 Å². The lowest BCUT2D eigenvalue weighted by molar-refractivity contribution is -0.278. The Hall–Kier alpha value is -7.81. The third-order valence-corrected chi connectivity index (χ3v) is 12.6. The van der Waals surface area contributed by atoms with Crippen LogP contribution in [0.3, 0.4) is 0 Å². The van der Waals surface area contributed by atoms with Crippen LogP contribution in [0.2, 0.25) is 0 Å². The summed E-state index contributed by atoms with van der Waals surface area (Å²) in [5.74, 6) is -8.49. The van der Waals surface area contributed by atoms with Crippen molar-refractivity contribution in [3.05, 3.63) is 100 Å². The molecule has 0 amide bonds. The highest BCUT2D eigenvalue weighted by molar-refractivity contribution is 5.88. The molecule has 5 aliphatic rings. The first-order chi connectivity index (χ1) is 37.5. The molecule has 16 N–H and O–H groups in total. The van der Waals surface area contributed by atoms with Gasteiger partial charge in [0, 0.05) is 29.8 Å². The molecule has 79 heavy (non-hydrogen) atoms. The van der Waals surface area contributed by atoms with E-state index in [2.05, 4.69) is 0 Å². The van der Waals surface area contributed by atoms with E-state index in [1.54, 1.807) is 0 Å². The van der Waals surface area contributed by atoms with E-state index in [0.29, 0.717) is 0 Å². The number of hydrogen-bond acceptors (Lipinski definition) is 28. The number of aromatic hydroxyl groups is 6. The lowest BCUT2D eigenvalue weighted by atomic mass is 9.99. The molecule has 28 heteroatoms. The van der Waals surface area contributed by atoms with Crippen LogP contribution >= 0.6 is 0 Å². The van der Waals surface area contributed by atoms with Gasteiger partial charge in [0.25, 0.3) is 0 Å². The molecular weight excluding hydrogens is 1060 g/mol. The Labute approximate surface area is 443 Å². The van der Waals surface area contributed by atoms with Gasteiger partial charge in [0.15, 0.2) is 51.4 Å². The van der Waals surface area contributed by atoms with Gasteiger partial charge in [-0.05, 0) is 65.7 Å². The van der Waals surface area contributed by atoms with E-state index >= 15 is 0 Å². The third kappa shape index (κ3) is 12.7. The summed E-state index contributed by atoms with van der Waals surface area (Å²) in [7, 11) is 0. The number of ether oxygens (including phenoxy) is 8. The Bertz CT molecular complexity index is 3080. The molecule has 8 rings (SSSR count). The van der Waals surface area contributed by atoms with Gasteiger partial charge in [0.2, 0.25) is 24.6 Å². The Morgan fingerprint density at radius 2 is 0.937 bits per heavy atom. The van der Waals surface area contributed by atoms with Crippen molar-refractivity contribution in [2.45, 2.75) is 92.1 Å². The van der Waals surface area contributed by atoms with E-state index in [4.69, 9.17) is 42.3 Å². The number of carbonyl (C=O) groups excluding carboxylic acids is 2. The maximum Gasteiger partial charge on any atom is 0.330 e. The largest absolute Gasteiger partial charge is 0.504 e. The number of hydrogen-bond donors (Lipinski definition) is 16. The minimum Gasteiger partial charge on any atom is -0.504 e. The summed E-state index contributed by atoms with van der Waals surface area (Å²) >= 11 is 0. The number of rotatable bonds is 16. The summed E-state index contributed by atoms with van der Waals surface area (Å²) in [5.41, 5.74) is -0.858. The Morgan fingerprint density at radius 3 is 1.42 bits per heavy atom. The molecule has 0 spiro atoms. The summed E-state index contributed by atoms with van der Waals surface area (Å²) < 4.78 is 50.9. The van der Waals surface area contributed by atoms with Gasteiger partial charge in [-0.1, -0.05) is 12.1 Å². The van der Waals surface area contributed by atoms with Gasteiger partial charge >= 0.3 is 11.9 Å². The zero-order valence-corrected chi connectivity index (χ0v) is 40.5. The molecule has 4 heterocycles. The summed E-state index contributed by atoms with van der Waals surface area (Å²) in [6.45, 7) is -2.43. The van der Waals surface area contributed by atoms with Gasteiger partial charge in [-0.25, -0.2) is 9.59 Å². The fourth-order valence-electron chi connectivity index (χ4n) is 8.25. The van der Waals surface area contributed by atoms with Crippen LogP contribution in [0.4, 0.5) is 0 Å². The Balaban J connectivity index is 1.08. The molecule has 3 fully saturated rings. The standard InChI is InChI=1S/C51H52O28/c52-16-33-39(62)42(65)45(68)51(77-33)76-32-15-23-29(13-22(53)14-30(23)74-49-46(69)43(66)40(63)34(78-49)17-71-36(59)7-3-19-1-5-24(54)26(56)9-19)73-48(32)21-11-28(58)38(61)31(12-21)75-50-47(70)44(67)41(64)35(79-50)18-72-37(60)8-4-20-2-6-25(55)27(57)10-20/h1-15,33-35,39-47,49-52,54-58,61-70H,16-18H2/t33-,34-,35-,39-,40-,41-,42+,43+,44+,45-,46-,47-,49-,50-,51-/m1/s1. The van der Waals surface area contributed by atoms with Gasteiger partial charge in [-0.2, -0.15) is 0 Å². The molecule has 0 saturated carbocycles. The first-order valence-electron chi connectivity index (χ1n) is 23.6. The fraction of sp³-hybridized carbons (Fsp3) is 0.353. The van der Waals surface area contributed by atoms with Crippen LogP contribution in [0.1, 0.15) is 11.1 Å². The number of phenolic OH excluding ortho intramolecular Hbond substituents is 6. The molecule has 15 atom stereocenters. The average molecular weight is 1110 g/mol. The van der Waals surface area contributed by atoms with E-state index in [9.17, 15) is 96.1 Å². The van der Waals surface area contributed by atoms with Gasteiger partial charge < -0.3 is 124 Å². The molecule has 3 aromatic rings. The number of aliphatic hydroxyl groups excluding tert-OH is 10. The van der Waals surface area contributed by atoms with Crippen LogP contribution in [0, 0.1) is 0 Å². The zero-order valence-electron chi connectivity index (χ0n) is 40.5. The molecule has 0 aromatic heterocycles. The second-order valence-electron chi connectivity index (χ2n) is 18.1. The molecule has 424 valence electrons. The van der Waals surface area contributed by atoms with Crippen molar-refractivity contribution in [1.82, 2.24) is 0 Å². The predicted molar refractivity (Wildman–Crippen MR) is 259 cm³/mol. The van der Waals surface area contributed by atoms with Crippen LogP contribution < -0.4 is 19.6 Å². The van der Waals surface area contributed by atoms with Crippen LogP contribution in [0.15, 0.2) is 88.1 Å². The van der Waals surface area contributed by atoms with Crippen molar-refractivity contribution in [1.29, 1.82) is 0 Å². The lowest BCUT2D eigenvalue weighted by Gasteiger charge is -2.40. The number of benzene rings is 4. The highest BCUT2D eigenvalue weighted by atomic mass is 16.7. The maximum atomic E-state index is 13.3. The van der Waals surface area contributed by atoms with Gasteiger partial charge in [0.05, 0.1) is 12.2 Å². The zero-order chi connectivity index (χ0) is 57.1. The first kappa shape index (κ1) is 57.4. The van der Waals surface area contributed by atoms with Gasteiger partial charge in [-0.3, -0.25) is 4.79 Å². The van der Waals surface area contributed by atoms with E-state index in [1.165, 1.54) is 36.4 Å². The second kappa shape index (κ2) is 24.1. The first-order valence-corrected chi connectivity index (χ1v) is 23.6. The number of fused-ring (bicyclic) bond motifs is 1. The van der Waals surface area contributed by atoms with E-state index in [-0.39, 0.29) is 22.3 Å². The molecule has 4 aliphatic heterocycles. The highest BCUT2D eigenvalue weighted by Crippen LogP contribution is 2.47. The van der Waals surface area contributed by atoms with Crippen molar-refractivity contribution >= 4 is 24.1 Å². The Morgan fingerprint density at radius 1 is 0.481 bits per heavy atom. The maximum absolute atomic E-state index is 13.3. The highest BCUT2D eigenvalue weighted by Gasteiger charge is 2.48. The second-order valence-corrected chi connectivity index (χ2v) is 18.1. The number of phenols is 6. The number of carbonyl (C=O) groups is 2. The molecule has 3 aromatic carbocycles. The number of esters is 2. The average Bonchev–Trinajstić information content (AvgIpc) is 3.54. The van der Waals surface area contributed by atoms with E-state index < -0.39 is 193 Å². The van der Waals surface area contributed by atoms with Crippen molar-refractivity contribution in [2.75, 3.05) is 19.8 Å². The van der Waals surface area contributed by atoms with Crippen LogP contribution in [-0.4, -0.2) is 206 Å². The molecule has 0 radical (unpaired) electrons. The Kier molecular flexibility index (Phi) is 17.5. The monoisotopic (exact) mass is 1110 g/mol. The summed E-state index contributed by atoms with van der Waals surface area (Å²) in [5, 5.41) is 168. The summed E-state index contributed by atoms with van der Waals surface area (Å²) in [6, 6.07) is 12.0. The fourth-order valence-corrected chi connectivity index (χ4v) is 8.25. The van der Waals surface area contributed by atoms with Crippen molar-refractivity contribution < 1.29 is 134 Å². The third-order valence-electron chi connectivity index (χ3n) is 12.6. The molecular formula is C51H52O28. The van der Waals surface area contributed by atoms with Crippen LogP contribution in [0.25, 0.3) is 34.8 Å². The molecule has 0 unspecified atom stereocenters. The minimum atomic E-state index is -2.10. The molecule has 28 nitrogen and oxygen atoms in total.